The van der Waals surface area contributed by atoms with Crippen molar-refractivity contribution in [1.82, 2.24) is 15.3 Å². The van der Waals surface area contributed by atoms with Crippen molar-refractivity contribution < 1.29 is 9.63 Å². The molecule has 1 aromatic heterocycles. The normalized spacial score (nSPS) is 11.5. The van der Waals surface area contributed by atoms with Gasteiger partial charge in [-0.3, -0.25) is 14.3 Å². The van der Waals surface area contributed by atoms with Crippen molar-refractivity contribution in [3.05, 3.63) is 18.0 Å². The fraction of sp³-hybridized carbons (Fsp3) is 0.600. The molecule has 0 aliphatic rings. The van der Waals surface area contributed by atoms with Crippen LogP contribution < -0.4 is 5.48 Å². The molecule has 1 aromatic rings. The van der Waals surface area contributed by atoms with Crippen LogP contribution in [0.1, 0.15) is 38.1 Å². The van der Waals surface area contributed by atoms with Crippen LogP contribution in [0.2, 0.25) is 0 Å². The lowest BCUT2D eigenvalue weighted by atomic mass is 10.1. The fourth-order valence-electron chi connectivity index (χ4n) is 1.00. The van der Waals surface area contributed by atoms with E-state index < -0.39 is 0 Å². The van der Waals surface area contributed by atoms with Crippen LogP contribution in [-0.4, -0.2) is 22.3 Å². The van der Waals surface area contributed by atoms with E-state index in [1.165, 1.54) is 6.20 Å². The molecule has 5 nitrogen and oxygen atoms in total. The van der Waals surface area contributed by atoms with Gasteiger partial charge < -0.3 is 0 Å². The van der Waals surface area contributed by atoms with E-state index in [-0.39, 0.29) is 11.4 Å². The molecule has 0 aromatic carbocycles. The van der Waals surface area contributed by atoms with E-state index in [0.29, 0.717) is 12.2 Å². The molecule has 1 rings (SSSR count). The minimum Gasteiger partial charge on any atom is -0.274 e. The predicted molar refractivity (Wildman–Crippen MR) is 56.3 cm³/mol. The zero-order chi connectivity index (χ0) is 11.5. The Labute approximate surface area is 89.4 Å². The molecule has 0 radical (unpaired) electrons. The minimum absolute atomic E-state index is 0.121. The largest absolute Gasteiger partial charge is 0.278 e. The molecule has 0 unspecified atom stereocenters. The van der Waals surface area contributed by atoms with Gasteiger partial charge in [-0.2, -0.15) is 5.10 Å². The van der Waals surface area contributed by atoms with E-state index in [2.05, 4.69) is 10.6 Å². The maximum Gasteiger partial charge on any atom is 0.278 e. The van der Waals surface area contributed by atoms with Crippen molar-refractivity contribution in [3.8, 4) is 0 Å². The Hall–Kier alpha value is -1.36. The average Bonchev–Trinajstić information content (AvgIpc) is 2.62. The second-order valence-electron chi connectivity index (χ2n) is 4.21. The summed E-state index contributed by atoms with van der Waals surface area (Å²) < 4.78 is 1.74. The van der Waals surface area contributed by atoms with Crippen LogP contribution in [0.4, 0.5) is 0 Å². The standard InChI is InChI=1S/C10H17N3O2/c1-5-15-12-9(14)8-6-11-13(7-8)10(2,3)4/h6-7H,5H2,1-4H3,(H,12,14). The van der Waals surface area contributed by atoms with Gasteiger partial charge in [-0.15, -0.1) is 0 Å². The average molecular weight is 211 g/mol. The fourth-order valence-corrected chi connectivity index (χ4v) is 1.00. The number of amides is 1. The summed E-state index contributed by atoms with van der Waals surface area (Å²) in [5.74, 6) is -0.271. The highest BCUT2D eigenvalue weighted by Crippen LogP contribution is 2.12. The van der Waals surface area contributed by atoms with E-state index in [1.54, 1.807) is 17.8 Å². The Morgan fingerprint density at radius 3 is 2.73 bits per heavy atom. The molecule has 0 saturated carbocycles. The highest BCUT2D eigenvalue weighted by molar-refractivity contribution is 5.92. The lowest BCUT2D eigenvalue weighted by Crippen LogP contribution is -2.24. The SMILES string of the molecule is CCONC(=O)c1cnn(C(C)(C)C)c1. The number of hydroxylamine groups is 1. The number of carbonyl (C=O) groups excluding carboxylic acids is 1. The number of rotatable bonds is 3. The second kappa shape index (κ2) is 4.44. The summed E-state index contributed by atoms with van der Waals surface area (Å²) in [5.41, 5.74) is 2.70. The number of hydrogen-bond donors (Lipinski definition) is 1. The number of nitrogens with zero attached hydrogens (tertiary/aromatic N) is 2. The van der Waals surface area contributed by atoms with Crippen LogP contribution >= 0.6 is 0 Å². The smallest absolute Gasteiger partial charge is 0.274 e. The Morgan fingerprint density at radius 2 is 2.27 bits per heavy atom. The summed E-state index contributed by atoms with van der Waals surface area (Å²) in [6, 6.07) is 0. The van der Waals surface area contributed by atoms with Crippen LogP contribution in [-0.2, 0) is 10.4 Å². The summed E-state index contributed by atoms with van der Waals surface area (Å²) in [6.07, 6.45) is 3.23. The monoisotopic (exact) mass is 211 g/mol. The predicted octanol–water partition coefficient (Wildman–Crippen LogP) is 1.32. The van der Waals surface area contributed by atoms with Crippen molar-refractivity contribution in [2.75, 3.05) is 6.61 Å². The Balaban J connectivity index is 2.72. The van der Waals surface area contributed by atoms with E-state index in [9.17, 15) is 4.79 Å². The van der Waals surface area contributed by atoms with Gasteiger partial charge in [-0.1, -0.05) is 0 Å². The molecule has 0 saturated heterocycles. The molecule has 1 N–H and O–H groups in total. The molecule has 0 spiro atoms. The van der Waals surface area contributed by atoms with Gasteiger partial charge in [0.1, 0.15) is 0 Å². The third kappa shape index (κ3) is 3.06. The molecule has 15 heavy (non-hydrogen) atoms. The van der Waals surface area contributed by atoms with Crippen LogP contribution in [0.3, 0.4) is 0 Å². The minimum atomic E-state index is -0.271. The summed E-state index contributed by atoms with van der Waals surface area (Å²) in [5, 5.41) is 4.12. The number of aromatic nitrogens is 2. The number of nitrogens with one attached hydrogen (secondary N) is 1. The second-order valence-corrected chi connectivity index (χ2v) is 4.21. The molecule has 0 fully saturated rings. The third-order valence-electron chi connectivity index (χ3n) is 1.84. The van der Waals surface area contributed by atoms with Gasteiger partial charge in [0.15, 0.2) is 0 Å². The van der Waals surface area contributed by atoms with Gasteiger partial charge >= 0.3 is 0 Å². The quantitative estimate of drug-likeness (QED) is 0.767. The molecule has 0 aliphatic heterocycles. The molecule has 5 heteroatoms. The zero-order valence-corrected chi connectivity index (χ0v) is 9.57. The van der Waals surface area contributed by atoms with E-state index >= 15 is 0 Å². The summed E-state index contributed by atoms with van der Waals surface area (Å²) in [4.78, 5) is 16.3. The van der Waals surface area contributed by atoms with Crippen molar-refractivity contribution in [2.45, 2.75) is 33.2 Å². The Bertz CT molecular complexity index is 339. The first-order valence-electron chi connectivity index (χ1n) is 4.92. The van der Waals surface area contributed by atoms with Crippen molar-refractivity contribution in [3.63, 3.8) is 0 Å². The molecule has 1 amide bonds. The molecule has 1 heterocycles. The first-order chi connectivity index (χ1) is 6.95. The molecule has 0 atom stereocenters. The number of carbonyl (C=O) groups is 1. The molecule has 84 valence electrons. The summed E-state index contributed by atoms with van der Waals surface area (Å²) >= 11 is 0. The summed E-state index contributed by atoms with van der Waals surface area (Å²) in [6.45, 7) is 8.30. The first-order valence-corrected chi connectivity index (χ1v) is 4.92. The van der Waals surface area contributed by atoms with Gasteiger partial charge in [0.05, 0.1) is 23.9 Å². The molecule has 0 aliphatic carbocycles. The van der Waals surface area contributed by atoms with Crippen LogP contribution in [0.25, 0.3) is 0 Å². The Kier molecular flexibility index (Phi) is 3.47. The van der Waals surface area contributed by atoms with Gasteiger partial charge in [-0.05, 0) is 27.7 Å². The highest BCUT2D eigenvalue weighted by atomic mass is 16.6. The van der Waals surface area contributed by atoms with E-state index in [1.807, 2.05) is 20.8 Å². The molecule has 0 bridgehead atoms. The van der Waals surface area contributed by atoms with Gasteiger partial charge in [0.2, 0.25) is 0 Å². The van der Waals surface area contributed by atoms with Crippen LogP contribution in [0.5, 0.6) is 0 Å². The zero-order valence-electron chi connectivity index (χ0n) is 9.57. The summed E-state index contributed by atoms with van der Waals surface area (Å²) in [7, 11) is 0. The lowest BCUT2D eigenvalue weighted by Gasteiger charge is -2.18. The molecular formula is C10H17N3O2. The van der Waals surface area contributed by atoms with Crippen LogP contribution in [0, 0.1) is 0 Å². The highest BCUT2D eigenvalue weighted by Gasteiger charge is 2.16. The van der Waals surface area contributed by atoms with Crippen molar-refractivity contribution >= 4 is 5.91 Å². The molecular weight excluding hydrogens is 194 g/mol. The van der Waals surface area contributed by atoms with Gasteiger partial charge in [0, 0.05) is 6.20 Å². The number of hydrogen-bond acceptors (Lipinski definition) is 3. The first kappa shape index (κ1) is 11.7. The topological polar surface area (TPSA) is 56.1 Å². The maximum atomic E-state index is 11.5. The van der Waals surface area contributed by atoms with Gasteiger partial charge in [-0.25, -0.2) is 5.48 Å². The van der Waals surface area contributed by atoms with Crippen molar-refractivity contribution in [1.29, 1.82) is 0 Å². The van der Waals surface area contributed by atoms with Crippen LogP contribution in [0.15, 0.2) is 12.4 Å². The van der Waals surface area contributed by atoms with E-state index in [4.69, 9.17) is 4.84 Å². The maximum absolute atomic E-state index is 11.5. The third-order valence-corrected chi connectivity index (χ3v) is 1.84. The van der Waals surface area contributed by atoms with E-state index in [0.717, 1.165) is 0 Å². The van der Waals surface area contributed by atoms with Gasteiger partial charge in [0.25, 0.3) is 5.91 Å². The lowest BCUT2D eigenvalue weighted by molar-refractivity contribution is 0.0364. The van der Waals surface area contributed by atoms with Crippen molar-refractivity contribution in [2.24, 2.45) is 0 Å². The Morgan fingerprint density at radius 1 is 1.60 bits per heavy atom.